The van der Waals surface area contributed by atoms with Crippen LogP contribution in [0.15, 0.2) is 18.5 Å². The van der Waals surface area contributed by atoms with Gasteiger partial charge in [-0.25, -0.2) is 0 Å². The van der Waals surface area contributed by atoms with Crippen LogP contribution in [0.5, 0.6) is 0 Å². The lowest BCUT2D eigenvalue weighted by Crippen LogP contribution is -2.15. The maximum absolute atomic E-state index is 12.6. The van der Waals surface area contributed by atoms with Gasteiger partial charge < -0.3 is 4.74 Å². The van der Waals surface area contributed by atoms with Crippen LogP contribution in [0.1, 0.15) is 35.7 Å². The summed E-state index contributed by atoms with van der Waals surface area (Å²) < 4.78 is 43.0. The maximum Gasteiger partial charge on any atom is 0.417 e. The molecule has 0 amide bonds. The topological polar surface area (TPSA) is 39.2 Å². The van der Waals surface area contributed by atoms with Gasteiger partial charge in [-0.15, -0.1) is 0 Å². The van der Waals surface area contributed by atoms with Crippen molar-refractivity contribution < 1.29 is 22.7 Å². The fourth-order valence-electron chi connectivity index (χ4n) is 1.41. The Hall–Kier alpha value is -1.43. The van der Waals surface area contributed by atoms with E-state index in [1.165, 1.54) is 0 Å². The quantitative estimate of drug-likeness (QED) is 0.583. The fourth-order valence-corrected chi connectivity index (χ4v) is 1.41. The van der Waals surface area contributed by atoms with Crippen molar-refractivity contribution in [1.29, 1.82) is 0 Å². The molecule has 0 radical (unpaired) electrons. The molecule has 0 fully saturated rings. The number of carbonyl (C=O) groups excluding carboxylic acids is 1. The predicted molar refractivity (Wildman–Crippen MR) is 59.3 cm³/mol. The Bertz CT molecular complexity index is 405. The highest BCUT2D eigenvalue weighted by Gasteiger charge is 2.34. The fraction of sp³-hybridized carbons (Fsp3) is 0.500. The lowest BCUT2D eigenvalue weighted by molar-refractivity contribution is -0.138. The Morgan fingerprint density at radius 2 is 2.11 bits per heavy atom. The molecule has 1 aromatic heterocycles. The van der Waals surface area contributed by atoms with Crippen molar-refractivity contribution in [3.8, 4) is 0 Å². The Balaban J connectivity index is 2.74. The number of hydrogen-bond donors (Lipinski definition) is 0. The number of Topliss-reactive ketones (excluding diaryl/α,β-unsaturated/α-hetero) is 1. The molecule has 6 heteroatoms. The van der Waals surface area contributed by atoms with E-state index in [9.17, 15) is 18.0 Å². The Morgan fingerprint density at radius 3 is 2.72 bits per heavy atom. The van der Waals surface area contributed by atoms with Crippen molar-refractivity contribution in [1.82, 2.24) is 4.98 Å². The molecule has 0 N–H and O–H groups in total. The summed E-state index contributed by atoms with van der Waals surface area (Å²) in [5, 5.41) is 0. The van der Waals surface area contributed by atoms with E-state index in [0.29, 0.717) is 6.61 Å². The van der Waals surface area contributed by atoms with Gasteiger partial charge in [0.2, 0.25) is 0 Å². The van der Waals surface area contributed by atoms with Crippen LogP contribution in [0.25, 0.3) is 0 Å². The standard InChI is InChI=1S/C12H14F3NO2/c1-2-6-18-7-4-11(17)9-8-16-5-3-10(9)12(13,14)15/h3,5,8H,2,4,6-7H2,1H3. The number of alkyl halides is 3. The van der Waals surface area contributed by atoms with Gasteiger partial charge in [0.05, 0.1) is 12.2 Å². The minimum atomic E-state index is -4.54. The molecular weight excluding hydrogens is 247 g/mol. The predicted octanol–water partition coefficient (Wildman–Crippen LogP) is 3.10. The highest BCUT2D eigenvalue weighted by atomic mass is 19.4. The monoisotopic (exact) mass is 261 g/mol. The second kappa shape index (κ2) is 6.49. The molecule has 0 unspecified atom stereocenters. The zero-order valence-corrected chi connectivity index (χ0v) is 9.96. The summed E-state index contributed by atoms with van der Waals surface area (Å²) in [6.45, 7) is 2.52. The lowest BCUT2D eigenvalue weighted by Gasteiger charge is -2.11. The second-order valence-corrected chi connectivity index (χ2v) is 3.70. The van der Waals surface area contributed by atoms with Crippen LogP contribution in [0.2, 0.25) is 0 Å². The van der Waals surface area contributed by atoms with Gasteiger partial charge in [0.15, 0.2) is 5.78 Å². The summed E-state index contributed by atoms with van der Waals surface area (Å²) in [5.74, 6) is -0.605. The van der Waals surface area contributed by atoms with Crippen molar-refractivity contribution in [2.45, 2.75) is 25.9 Å². The van der Waals surface area contributed by atoms with Crippen molar-refractivity contribution in [2.24, 2.45) is 0 Å². The molecule has 3 nitrogen and oxygen atoms in total. The molecule has 1 heterocycles. The number of ketones is 1. The summed E-state index contributed by atoms with van der Waals surface area (Å²) in [7, 11) is 0. The number of ether oxygens (including phenoxy) is 1. The van der Waals surface area contributed by atoms with Crippen molar-refractivity contribution in [3.05, 3.63) is 29.6 Å². The van der Waals surface area contributed by atoms with E-state index < -0.39 is 23.1 Å². The van der Waals surface area contributed by atoms with Crippen molar-refractivity contribution >= 4 is 5.78 Å². The number of rotatable bonds is 6. The van der Waals surface area contributed by atoms with Crippen LogP contribution in [0.3, 0.4) is 0 Å². The molecule has 0 saturated carbocycles. The minimum absolute atomic E-state index is 0.0746. The van der Waals surface area contributed by atoms with Gasteiger partial charge in [-0.3, -0.25) is 9.78 Å². The summed E-state index contributed by atoms with van der Waals surface area (Å²) in [5.41, 5.74) is -1.34. The third-order valence-electron chi connectivity index (χ3n) is 2.25. The normalized spacial score (nSPS) is 11.6. The van der Waals surface area contributed by atoms with Crippen LogP contribution in [-0.4, -0.2) is 24.0 Å². The molecule has 0 spiro atoms. The number of nitrogens with zero attached hydrogens (tertiary/aromatic N) is 1. The molecule has 0 aliphatic heterocycles. The summed E-state index contributed by atoms with van der Waals surface area (Å²) in [6, 6.07) is 0.806. The highest BCUT2D eigenvalue weighted by molar-refractivity contribution is 5.97. The molecule has 0 aromatic carbocycles. The van der Waals surface area contributed by atoms with Crippen molar-refractivity contribution in [2.75, 3.05) is 13.2 Å². The lowest BCUT2D eigenvalue weighted by atomic mass is 10.0. The van der Waals surface area contributed by atoms with E-state index in [-0.39, 0.29) is 13.0 Å². The molecule has 0 bridgehead atoms. The van der Waals surface area contributed by atoms with Crippen LogP contribution in [0, 0.1) is 0 Å². The second-order valence-electron chi connectivity index (χ2n) is 3.70. The SMILES string of the molecule is CCCOCCC(=O)c1cnccc1C(F)(F)F. The van der Waals surface area contributed by atoms with Gasteiger partial charge in [0.25, 0.3) is 0 Å². The minimum Gasteiger partial charge on any atom is -0.381 e. The number of hydrogen-bond acceptors (Lipinski definition) is 3. The zero-order valence-electron chi connectivity index (χ0n) is 9.96. The average molecular weight is 261 g/mol. The third kappa shape index (κ3) is 4.10. The first kappa shape index (κ1) is 14.6. The molecule has 0 atom stereocenters. The van der Waals surface area contributed by atoms with Gasteiger partial charge in [-0.05, 0) is 12.5 Å². The third-order valence-corrected chi connectivity index (χ3v) is 2.25. The molecule has 1 aromatic rings. The number of carbonyl (C=O) groups is 1. The van der Waals surface area contributed by atoms with E-state index in [2.05, 4.69) is 4.98 Å². The Labute approximate surface area is 103 Å². The number of aromatic nitrogens is 1. The summed E-state index contributed by atoms with van der Waals surface area (Å²) >= 11 is 0. The van der Waals surface area contributed by atoms with Crippen LogP contribution in [-0.2, 0) is 10.9 Å². The number of pyridine rings is 1. The van der Waals surface area contributed by atoms with Gasteiger partial charge in [0, 0.05) is 31.0 Å². The van der Waals surface area contributed by atoms with Crippen molar-refractivity contribution in [3.63, 3.8) is 0 Å². The average Bonchev–Trinajstić information content (AvgIpc) is 2.33. The van der Waals surface area contributed by atoms with E-state index in [1.807, 2.05) is 6.92 Å². The molecule has 1 rings (SSSR count). The van der Waals surface area contributed by atoms with E-state index in [0.717, 1.165) is 24.9 Å². The van der Waals surface area contributed by atoms with Crippen LogP contribution >= 0.6 is 0 Å². The van der Waals surface area contributed by atoms with Gasteiger partial charge >= 0.3 is 6.18 Å². The first-order valence-corrected chi connectivity index (χ1v) is 5.59. The van der Waals surface area contributed by atoms with Gasteiger partial charge in [-0.1, -0.05) is 6.92 Å². The van der Waals surface area contributed by atoms with Crippen LogP contribution in [0.4, 0.5) is 13.2 Å². The summed E-state index contributed by atoms with van der Waals surface area (Å²) in [4.78, 5) is 15.2. The van der Waals surface area contributed by atoms with Crippen LogP contribution < -0.4 is 0 Å². The molecule has 100 valence electrons. The largest absolute Gasteiger partial charge is 0.417 e. The molecule has 0 aliphatic rings. The molecule has 0 saturated heterocycles. The van der Waals surface area contributed by atoms with E-state index >= 15 is 0 Å². The van der Waals surface area contributed by atoms with Gasteiger partial charge in [-0.2, -0.15) is 13.2 Å². The molecule has 18 heavy (non-hydrogen) atoms. The zero-order chi connectivity index (χ0) is 13.6. The Kier molecular flexibility index (Phi) is 5.27. The van der Waals surface area contributed by atoms with Gasteiger partial charge in [0.1, 0.15) is 0 Å². The first-order valence-electron chi connectivity index (χ1n) is 5.59. The maximum atomic E-state index is 12.6. The van der Waals surface area contributed by atoms with E-state index in [4.69, 9.17) is 4.74 Å². The summed E-state index contributed by atoms with van der Waals surface area (Å²) in [6.07, 6.45) is -1.85. The van der Waals surface area contributed by atoms with E-state index in [1.54, 1.807) is 0 Å². The molecular formula is C12H14F3NO2. The molecule has 0 aliphatic carbocycles. The Morgan fingerprint density at radius 1 is 1.39 bits per heavy atom. The number of halogens is 3. The smallest absolute Gasteiger partial charge is 0.381 e. The first-order chi connectivity index (χ1) is 8.46. The highest BCUT2D eigenvalue weighted by Crippen LogP contribution is 2.31.